The summed E-state index contributed by atoms with van der Waals surface area (Å²) in [6, 6.07) is 17.7. The van der Waals surface area contributed by atoms with Crippen molar-refractivity contribution in [2.24, 2.45) is 0 Å². The number of rotatable bonds is 7. The molecule has 1 aliphatic rings. The van der Waals surface area contributed by atoms with Crippen LogP contribution in [0.4, 0.5) is 0 Å². The lowest BCUT2D eigenvalue weighted by Crippen LogP contribution is -2.44. The highest BCUT2D eigenvalue weighted by molar-refractivity contribution is 5.84. The number of benzene rings is 2. The van der Waals surface area contributed by atoms with Crippen molar-refractivity contribution < 1.29 is 18.7 Å². The number of nitrogens with zero attached hydrogens (tertiary/aromatic N) is 1. The van der Waals surface area contributed by atoms with Crippen LogP contribution in [0.3, 0.4) is 0 Å². The fourth-order valence-electron chi connectivity index (χ4n) is 3.45. The summed E-state index contributed by atoms with van der Waals surface area (Å²) in [6.07, 6.45) is 1.66. The zero-order chi connectivity index (χ0) is 19.2. The van der Waals surface area contributed by atoms with Crippen molar-refractivity contribution in [2.45, 2.75) is 6.04 Å². The third-order valence-corrected chi connectivity index (χ3v) is 4.94. The smallest absolute Gasteiger partial charge is 0.258 e. The predicted molar refractivity (Wildman–Crippen MR) is 106 cm³/mol. The monoisotopic (exact) mass is 380 g/mol. The zero-order valence-electron chi connectivity index (χ0n) is 15.7. The molecule has 1 fully saturated rings. The van der Waals surface area contributed by atoms with Crippen LogP contribution >= 0.6 is 0 Å². The lowest BCUT2D eigenvalue weighted by atomic mass is 10.1. The molecule has 1 atom stereocenters. The van der Waals surface area contributed by atoms with Crippen LogP contribution in [0.5, 0.6) is 5.75 Å². The lowest BCUT2D eigenvalue weighted by Gasteiger charge is -2.33. The van der Waals surface area contributed by atoms with Crippen LogP contribution in [0.15, 0.2) is 65.3 Å². The minimum Gasteiger partial charge on any atom is -0.484 e. The molecule has 1 aliphatic heterocycles. The molecule has 0 radical (unpaired) electrons. The van der Waals surface area contributed by atoms with Crippen molar-refractivity contribution in [3.63, 3.8) is 0 Å². The van der Waals surface area contributed by atoms with E-state index in [-0.39, 0.29) is 18.6 Å². The Kier molecular flexibility index (Phi) is 5.89. The molecule has 2 heterocycles. The number of ether oxygens (including phenoxy) is 2. The number of amides is 1. The van der Waals surface area contributed by atoms with Gasteiger partial charge in [0.15, 0.2) is 6.61 Å². The molecule has 6 heteroatoms. The molecule has 1 amide bonds. The highest BCUT2D eigenvalue weighted by Crippen LogP contribution is 2.22. The molecule has 1 N–H and O–H groups in total. The van der Waals surface area contributed by atoms with Gasteiger partial charge in [0.2, 0.25) is 0 Å². The lowest BCUT2D eigenvalue weighted by molar-refractivity contribution is -0.123. The Hall–Kier alpha value is -2.83. The predicted octanol–water partition coefficient (Wildman–Crippen LogP) is 3.00. The average molecular weight is 380 g/mol. The van der Waals surface area contributed by atoms with Crippen molar-refractivity contribution in [3.8, 4) is 5.75 Å². The van der Waals surface area contributed by atoms with Crippen LogP contribution in [-0.2, 0) is 9.53 Å². The Labute approximate surface area is 164 Å². The van der Waals surface area contributed by atoms with Crippen molar-refractivity contribution in [1.29, 1.82) is 0 Å². The quantitative estimate of drug-likeness (QED) is 0.683. The summed E-state index contributed by atoms with van der Waals surface area (Å²) in [5, 5.41) is 5.20. The van der Waals surface area contributed by atoms with Gasteiger partial charge in [-0.3, -0.25) is 9.69 Å². The first kappa shape index (κ1) is 18.5. The maximum Gasteiger partial charge on any atom is 0.258 e. The highest BCUT2D eigenvalue weighted by Gasteiger charge is 2.25. The molecule has 0 saturated carbocycles. The van der Waals surface area contributed by atoms with Gasteiger partial charge in [0.1, 0.15) is 11.5 Å². The standard InChI is InChI=1S/C22H24N2O4/c25-22(16-28-19-8-7-17-4-1-2-5-18(17)14-19)23-15-20(21-6-3-11-27-21)24-9-12-26-13-10-24/h1-8,11,14,20H,9-10,12-13,15-16H2,(H,23,25). The van der Waals surface area contributed by atoms with E-state index in [2.05, 4.69) is 10.2 Å². The fraction of sp³-hybridized carbons (Fsp3) is 0.318. The molecule has 28 heavy (non-hydrogen) atoms. The van der Waals surface area contributed by atoms with Crippen LogP contribution in [0.2, 0.25) is 0 Å². The molecule has 0 aliphatic carbocycles. The van der Waals surface area contributed by atoms with Gasteiger partial charge in [-0.1, -0.05) is 30.3 Å². The number of hydrogen-bond donors (Lipinski definition) is 1. The normalized spacial score (nSPS) is 16.0. The number of carbonyl (C=O) groups is 1. The molecule has 1 aromatic heterocycles. The maximum absolute atomic E-state index is 12.3. The van der Waals surface area contributed by atoms with Crippen molar-refractivity contribution in [3.05, 3.63) is 66.6 Å². The van der Waals surface area contributed by atoms with Crippen LogP contribution in [-0.4, -0.2) is 50.3 Å². The molecule has 0 bridgehead atoms. The number of morpholine rings is 1. The van der Waals surface area contributed by atoms with E-state index >= 15 is 0 Å². The molecule has 6 nitrogen and oxygen atoms in total. The van der Waals surface area contributed by atoms with E-state index < -0.39 is 0 Å². The van der Waals surface area contributed by atoms with Crippen LogP contribution in [0.1, 0.15) is 11.8 Å². The van der Waals surface area contributed by atoms with E-state index in [1.807, 2.05) is 54.6 Å². The summed E-state index contributed by atoms with van der Waals surface area (Å²) >= 11 is 0. The second-order valence-corrected chi connectivity index (χ2v) is 6.78. The van der Waals surface area contributed by atoms with E-state index in [0.29, 0.717) is 25.5 Å². The van der Waals surface area contributed by atoms with Gasteiger partial charge in [-0.25, -0.2) is 0 Å². The van der Waals surface area contributed by atoms with Crippen molar-refractivity contribution in [1.82, 2.24) is 10.2 Å². The minimum absolute atomic E-state index is 0.0106. The number of fused-ring (bicyclic) bond motifs is 1. The molecule has 2 aromatic carbocycles. The third kappa shape index (κ3) is 4.52. The van der Waals surface area contributed by atoms with Gasteiger partial charge < -0.3 is 19.2 Å². The van der Waals surface area contributed by atoms with Crippen molar-refractivity contribution >= 4 is 16.7 Å². The molecular formula is C22H24N2O4. The van der Waals surface area contributed by atoms with Crippen LogP contribution in [0.25, 0.3) is 10.8 Å². The Morgan fingerprint density at radius 2 is 1.89 bits per heavy atom. The molecular weight excluding hydrogens is 356 g/mol. The molecule has 1 unspecified atom stereocenters. The Balaban J connectivity index is 1.32. The maximum atomic E-state index is 12.3. The van der Waals surface area contributed by atoms with E-state index in [9.17, 15) is 4.79 Å². The third-order valence-electron chi connectivity index (χ3n) is 4.94. The fourth-order valence-corrected chi connectivity index (χ4v) is 3.45. The van der Waals surface area contributed by atoms with Gasteiger partial charge in [-0.05, 0) is 35.0 Å². The van der Waals surface area contributed by atoms with Crippen LogP contribution < -0.4 is 10.1 Å². The minimum atomic E-state index is -0.155. The molecule has 0 spiro atoms. The van der Waals surface area contributed by atoms with Gasteiger partial charge in [-0.15, -0.1) is 0 Å². The number of nitrogens with one attached hydrogen (secondary N) is 1. The van der Waals surface area contributed by atoms with Crippen molar-refractivity contribution in [2.75, 3.05) is 39.5 Å². The Bertz CT molecular complexity index is 904. The molecule has 3 aromatic rings. The van der Waals surface area contributed by atoms with E-state index in [4.69, 9.17) is 13.9 Å². The molecule has 4 rings (SSSR count). The van der Waals surface area contributed by atoms with E-state index in [1.165, 1.54) is 0 Å². The summed E-state index contributed by atoms with van der Waals surface area (Å²) in [7, 11) is 0. The summed E-state index contributed by atoms with van der Waals surface area (Å²) < 4.78 is 16.7. The van der Waals surface area contributed by atoms with Gasteiger partial charge in [0.05, 0.1) is 25.5 Å². The number of carbonyl (C=O) groups excluding carboxylic acids is 1. The largest absolute Gasteiger partial charge is 0.484 e. The molecule has 1 saturated heterocycles. The first-order valence-electron chi connectivity index (χ1n) is 9.53. The first-order valence-corrected chi connectivity index (χ1v) is 9.53. The van der Waals surface area contributed by atoms with Gasteiger partial charge >= 0.3 is 0 Å². The van der Waals surface area contributed by atoms with Gasteiger partial charge in [0, 0.05) is 19.6 Å². The summed E-state index contributed by atoms with van der Waals surface area (Å²) in [4.78, 5) is 14.6. The second kappa shape index (κ2) is 8.91. The summed E-state index contributed by atoms with van der Waals surface area (Å²) in [5.41, 5.74) is 0. The Morgan fingerprint density at radius 3 is 2.68 bits per heavy atom. The zero-order valence-corrected chi connectivity index (χ0v) is 15.7. The SMILES string of the molecule is O=C(COc1ccc2ccccc2c1)NCC(c1ccco1)N1CCOCC1. The van der Waals surface area contributed by atoms with Gasteiger partial charge in [0.25, 0.3) is 5.91 Å². The number of hydrogen-bond acceptors (Lipinski definition) is 5. The first-order chi connectivity index (χ1) is 13.8. The average Bonchev–Trinajstić information content (AvgIpc) is 3.27. The van der Waals surface area contributed by atoms with Gasteiger partial charge in [-0.2, -0.15) is 0 Å². The van der Waals surface area contributed by atoms with E-state index in [0.717, 1.165) is 29.6 Å². The second-order valence-electron chi connectivity index (χ2n) is 6.78. The molecule has 146 valence electrons. The number of furan rings is 1. The Morgan fingerprint density at radius 1 is 1.07 bits per heavy atom. The highest BCUT2D eigenvalue weighted by atomic mass is 16.5. The van der Waals surface area contributed by atoms with E-state index in [1.54, 1.807) is 6.26 Å². The van der Waals surface area contributed by atoms with Crippen LogP contribution in [0, 0.1) is 0 Å². The topological polar surface area (TPSA) is 63.9 Å². The summed E-state index contributed by atoms with van der Waals surface area (Å²) in [5.74, 6) is 1.38. The summed E-state index contributed by atoms with van der Waals surface area (Å²) in [6.45, 7) is 3.45.